The molecule has 0 bridgehead atoms. The molecule has 0 spiro atoms. The lowest BCUT2D eigenvalue weighted by molar-refractivity contribution is 0.579. The maximum Gasteiger partial charge on any atom is 0.560 e. The smallest absolute Gasteiger partial charge is 0.280 e. The first-order valence-electron chi connectivity index (χ1n) is 2.66. The normalized spacial score (nSPS) is 7.64. The molecule has 0 heterocycles. The van der Waals surface area contributed by atoms with E-state index >= 15 is 0 Å². The lowest BCUT2D eigenvalue weighted by Crippen LogP contribution is -1.74. The quantitative estimate of drug-likeness (QED) is 0.646. The van der Waals surface area contributed by atoms with E-state index < -0.39 is 11.6 Å². The summed E-state index contributed by atoms with van der Waals surface area (Å²) in [6, 6.07) is 5.41. The maximum atomic E-state index is 11.9. The van der Waals surface area contributed by atoms with Crippen molar-refractivity contribution in [1.82, 2.24) is 0 Å². The second kappa shape index (κ2) is 7.46. The summed E-state index contributed by atoms with van der Waals surface area (Å²) in [5.41, 5.74) is 0. The fourth-order valence-corrected chi connectivity index (χ4v) is 0.414. The first kappa shape index (κ1) is 11.8. The average molecular weight is 297 g/mol. The third-order valence-corrected chi connectivity index (χ3v) is 0.724. The highest BCUT2D eigenvalue weighted by molar-refractivity contribution is 9.47. The van der Waals surface area contributed by atoms with E-state index in [-0.39, 0.29) is 16.0 Å². The average Bonchev–Trinajstić information content (AvgIpc) is 1.88. The molecule has 0 saturated heterocycles. The van der Waals surface area contributed by atoms with Gasteiger partial charge in [0.25, 0.3) is 0 Å². The van der Waals surface area contributed by atoms with Crippen LogP contribution in [0.15, 0.2) is 18.2 Å². The van der Waals surface area contributed by atoms with Gasteiger partial charge in [-0.2, -0.15) is 0 Å². The zero-order valence-electron chi connectivity index (χ0n) is 5.45. The zero-order valence-corrected chi connectivity index (χ0v) is 10.0. The Morgan fingerprint density at radius 1 is 1.18 bits per heavy atom. The van der Waals surface area contributed by atoms with Crippen molar-refractivity contribution in [2.75, 3.05) is 0 Å². The number of benzene rings is 1. The van der Waals surface area contributed by atoms with E-state index in [0.717, 1.165) is 12.1 Å². The van der Waals surface area contributed by atoms with Crippen LogP contribution in [0, 0.1) is 17.7 Å². The minimum Gasteiger partial charge on any atom is -0.280 e. The first-order valence-corrected chi connectivity index (χ1v) is 10.5. The van der Waals surface area contributed by atoms with Crippen molar-refractivity contribution < 1.29 is 8.78 Å². The minimum atomic E-state index is -0.662. The Morgan fingerprint density at radius 3 is 1.73 bits per heavy atom. The Hall–Kier alpha value is 0.806. The van der Waals surface area contributed by atoms with Crippen LogP contribution < -0.4 is 0 Å². The molecule has 0 saturated carbocycles. The summed E-state index contributed by atoms with van der Waals surface area (Å²) in [5, 5.41) is 0. The molecule has 5 heteroatoms. The molecule has 0 aliphatic heterocycles. The molecule has 0 aliphatic rings. The molecule has 0 atom stereocenters. The van der Waals surface area contributed by atoms with Crippen LogP contribution in [0.3, 0.4) is 0 Å². The fourth-order valence-electron chi connectivity index (χ4n) is 0.414. The van der Waals surface area contributed by atoms with E-state index in [2.05, 4.69) is 25.8 Å². The summed E-state index contributed by atoms with van der Waals surface area (Å²) in [7, 11) is 0. The molecule has 1 aromatic rings. The molecule has 1 radical (unpaired) electrons. The Balaban J connectivity index is 0.000000292. The Labute approximate surface area is 85.8 Å². The van der Waals surface area contributed by atoms with E-state index in [4.69, 9.17) is 0 Å². The van der Waals surface area contributed by atoms with Gasteiger partial charge < -0.3 is 0 Å². The van der Waals surface area contributed by atoms with Crippen molar-refractivity contribution in [2.45, 2.75) is 0 Å². The molecule has 1 rings (SSSR count). The summed E-state index contributed by atoms with van der Waals surface area (Å²) in [5.74, 6) is -1.32. The largest absolute Gasteiger partial charge is 0.560 e. The topological polar surface area (TPSA) is 0 Å². The van der Waals surface area contributed by atoms with Crippen LogP contribution in [0.5, 0.6) is 0 Å². The van der Waals surface area contributed by atoms with Gasteiger partial charge in [-0.3, -0.25) is 25.8 Å². The summed E-state index contributed by atoms with van der Waals surface area (Å²) >= 11 is 6.44. The van der Waals surface area contributed by atoms with Crippen molar-refractivity contribution in [3.8, 4) is 0 Å². The lowest BCUT2D eigenvalue weighted by Gasteiger charge is -1.83. The van der Waals surface area contributed by atoms with Gasteiger partial charge in [0.15, 0.2) is 0 Å². The fraction of sp³-hybridized carbons (Fsp3) is 0. The standard InChI is InChI=1S/C6H3F2.2BrH.Mg/c7-5-2-1-3-6(8)4-5;;;/h1-3H;2*1H;/q;;;+2/p-2. The molecule has 0 amide bonds. The molecule has 0 fully saturated rings. The highest BCUT2D eigenvalue weighted by Crippen LogP contribution is 1.98. The molecular formula is C6H3Br2F2Mg. The Kier molecular flexibility index (Phi) is 8.00. The second-order valence-electron chi connectivity index (χ2n) is 1.45. The predicted molar refractivity (Wildman–Crippen MR) is 48.8 cm³/mol. The van der Waals surface area contributed by atoms with Gasteiger partial charge in [-0.25, -0.2) is 8.78 Å². The maximum absolute atomic E-state index is 11.9. The van der Waals surface area contributed by atoms with Gasteiger partial charge in [-0.1, -0.05) is 6.07 Å². The van der Waals surface area contributed by atoms with Gasteiger partial charge in [0, 0.05) is 0 Å². The lowest BCUT2D eigenvalue weighted by atomic mass is 10.3. The van der Waals surface area contributed by atoms with Crippen LogP contribution in [0.25, 0.3) is 0 Å². The number of rotatable bonds is 0. The monoisotopic (exact) mass is 295 g/mol. The Morgan fingerprint density at radius 2 is 1.55 bits per heavy atom. The van der Waals surface area contributed by atoms with E-state index in [0.29, 0.717) is 0 Å². The molecule has 11 heavy (non-hydrogen) atoms. The van der Waals surface area contributed by atoms with Crippen LogP contribution in [-0.4, -0.2) is 16.0 Å². The van der Waals surface area contributed by atoms with Crippen molar-refractivity contribution in [3.05, 3.63) is 35.9 Å². The molecule has 0 unspecified atom stereocenters. The van der Waals surface area contributed by atoms with Crippen molar-refractivity contribution in [2.24, 2.45) is 0 Å². The van der Waals surface area contributed by atoms with Crippen LogP contribution in [0.1, 0.15) is 0 Å². The summed E-state index contributed by atoms with van der Waals surface area (Å²) in [6.45, 7) is 0. The number of halogens is 4. The molecular weight excluding hydrogens is 294 g/mol. The second-order valence-corrected chi connectivity index (χ2v) is 9.53. The molecule has 57 valence electrons. The summed E-state index contributed by atoms with van der Waals surface area (Å²) in [6.07, 6.45) is 0. The highest BCUT2D eigenvalue weighted by atomic mass is 79.9. The number of hydrogen-bond donors (Lipinski definition) is 0. The Bertz CT molecular complexity index is 190. The third-order valence-electron chi connectivity index (χ3n) is 0.724. The van der Waals surface area contributed by atoms with E-state index in [1.165, 1.54) is 6.07 Å². The van der Waals surface area contributed by atoms with Gasteiger partial charge >= 0.3 is 16.0 Å². The highest BCUT2D eigenvalue weighted by Gasteiger charge is 1.89. The summed E-state index contributed by atoms with van der Waals surface area (Å²) in [4.78, 5) is 0. The zero-order chi connectivity index (χ0) is 8.69. The molecule has 0 aromatic heterocycles. The van der Waals surface area contributed by atoms with Gasteiger partial charge in [0.2, 0.25) is 0 Å². The van der Waals surface area contributed by atoms with Gasteiger partial charge in [0.05, 0.1) is 6.07 Å². The number of hydrogen-bond acceptors (Lipinski definition) is 0. The van der Waals surface area contributed by atoms with Gasteiger partial charge in [0.1, 0.15) is 11.6 Å². The SMILES string of the molecule is Fc1[c]c(F)ccc1.[Br][Mg][Br]. The first-order chi connectivity index (χ1) is 5.20. The van der Waals surface area contributed by atoms with E-state index in [1.54, 1.807) is 0 Å². The van der Waals surface area contributed by atoms with Crippen molar-refractivity contribution in [3.63, 3.8) is 0 Å². The van der Waals surface area contributed by atoms with Crippen LogP contribution in [-0.2, 0) is 0 Å². The predicted octanol–water partition coefficient (Wildman–Crippen LogP) is 3.08. The van der Waals surface area contributed by atoms with Gasteiger partial charge in [-0.05, 0) is 12.1 Å². The third kappa shape index (κ3) is 7.18. The molecule has 0 N–H and O–H groups in total. The minimum absolute atomic E-state index is 0.0417. The molecule has 1 aromatic carbocycles. The van der Waals surface area contributed by atoms with Crippen LogP contribution in [0.2, 0.25) is 0 Å². The van der Waals surface area contributed by atoms with E-state index in [9.17, 15) is 8.78 Å². The van der Waals surface area contributed by atoms with Crippen molar-refractivity contribution >= 4 is 41.8 Å². The van der Waals surface area contributed by atoms with Crippen LogP contribution in [0.4, 0.5) is 8.78 Å². The van der Waals surface area contributed by atoms with Crippen molar-refractivity contribution in [1.29, 1.82) is 0 Å². The molecule has 0 nitrogen and oxygen atoms in total. The van der Waals surface area contributed by atoms with E-state index in [1.807, 2.05) is 6.07 Å². The summed E-state index contributed by atoms with van der Waals surface area (Å²) < 4.78 is 23.7. The van der Waals surface area contributed by atoms with Gasteiger partial charge in [-0.15, -0.1) is 0 Å². The molecule has 0 aliphatic carbocycles. The van der Waals surface area contributed by atoms with Crippen LogP contribution >= 0.6 is 25.8 Å².